The fourth-order valence-corrected chi connectivity index (χ4v) is 1.30. The van der Waals surface area contributed by atoms with Crippen molar-refractivity contribution in [3.63, 3.8) is 0 Å². The van der Waals surface area contributed by atoms with Gasteiger partial charge in [0.1, 0.15) is 0 Å². The molecule has 0 saturated heterocycles. The molecule has 0 aromatic heterocycles. The predicted molar refractivity (Wildman–Crippen MR) is 59.6 cm³/mol. The smallest absolute Gasteiger partial charge is 0.0606 e. The molecule has 0 aromatic rings. The molecule has 0 bridgehead atoms. The average Bonchev–Trinajstić information content (AvgIpc) is 1.95. The fraction of sp³-hybridized carbons (Fsp3) is 0.833. The summed E-state index contributed by atoms with van der Waals surface area (Å²) in [5.41, 5.74) is 0. The lowest BCUT2D eigenvalue weighted by Crippen LogP contribution is -2.37. The molecule has 0 unspecified atom stereocenters. The van der Waals surface area contributed by atoms with Gasteiger partial charge in [-0.05, 0) is 27.7 Å². The molecule has 0 saturated carbocycles. The lowest BCUT2D eigenvalue weighted by Gasteiger charge is -2.28. The highest BCUT2D eigenvalue weighted by molar-refractivity contribution is 5.03. The molecule has 0 radical (unpaired) electrons. The van der Waals surface area contributed by atoms with Gasteiger partial charge in [-0.1, -0.05) is 25.7 Å². The molecule has 0 heterocycles. The molecule has 0 spiro atoms. The molecular formula is C12H23N. The first kappa shape index (κ1) is 12.5. The summed E-state index contributed by atoms with van der Waals surface area (Å²) in [4.78, 5) is 2.40. The first-order valence-electron chi connectivity index (χ1n) is 5.19. The van der Waals surface area contributed by atoms with Gasteiger partial charge in [-0.2, -0.15) is 0 Å². The largest absolute Gasteiger partial charge is 0.287 e. The van der Waals surface area contributed by atoms with Gasteiger partial charge in [-0.3, -0.25) is 4.90 Å². The van der Waals surface area contributed by atoms with Crippen molar-refractivity contribution in [3.05, 3.63) is 0 Å². The third kappa shape index (κ3) is 5.71. The van der Waals surface area contributed by atoms with Gasteiger partial charge in [0, 0.05) is 18.0 Å². The number of hydrogen-bond donors (Lipinski definition) is 0. The number of nitrogens with zero attached hydrogens (tertiary/aromatic N) is 1. The van der Waals surface area contributed by atoms with Gasteiger partial charge in [-0.15, -0.1) is 0 Å². The van der Waals surface area contributed by atoms with E-state index in [1.54, 1.807) is 0 Å². The van der Waals surface area contributed by atoms with E-state index in [1.165, 1.54) is 0 Å². The summed E-state index contributed by atoms with van der Waals surface area (Å²) < 4.78 is 0. The highest BCUT2D eigenvalue weighted by Gasteiger charge is 2.10. The van der Waals surface area contributed by atoms with E-state index in [2.05, 4.69) is 58.3 Å². The van der Waals surface area contributed by atoms with Gasteiger partial charge in [0.15, 0.2) is 0 Å². The van der Waals surface area contributed by atoms with Crippen LogP contribution in [-0.4, -0.2) is 23.5 Å². The van der Waals surface area contributed by atoms with E-state index in [0.29, 0.717) is 18.0 Å². The monoisotopic (exact) mass is 181 g/mol. The van der Waals surface area contributed by atoms with Crippen LogP contribution in [0, 0.1) is 17.8 Å². The summed E-state index contributed by atoms with van der Waals surface area (Å²) in [6, 6.07) is 1.17. The van der Waals surface area contributed by atoms with Gasteiger partial charge in [0.25, 0.3) is 0 Å². The molecule has 0 aliphatic rings. The van der Waals surface area contributed by atoms with Gasteiger partial charge < -0.3 is 0 Å². The van der Waals surface area contributed by atoms with Crippen molar-refractivity contribution in [1.29, 1.82) is 0 Å². The molecule has 0 atom stereocenters. The van der Waals surface area contributed by atoms with E-state index in [-0.39, 0.29) is 0 Å². The molecule has 0 fully saturated rings. The van der Waals surface area contributed by atoms with E-state index in [4.69, 9.17) is 0 Å². The Morgan fingerprint density at radius 3 is 1.69 bits per heavy atom. The van der Waals surface area contributed by atoms with Gasteiger partial charge in [-0.25, -0.2) is 0 Å². The summed E-state index contributed by atoms with van der Waals surface area (Å²) in [5.74, 6) is 6.90. The van der Waals surface area contributed by atoms with E-state index in [9.17, 15) is 0 Å². The van der Waals surface area contributed by atoms with E-state index in [1.807, 2.05) is 0 Å². The van der Waals surface area contributed by atoms with Crippen LogP contribution in [0.25, 0.3) is 0 Å². The van der Waals surface area contributed by atoms with Crippen LogP contribution in [-0.2, 0) is 0 Å². The molecule has 0 aliphatic heterocycles. The molecule has 13 heavy (non-hydrogen) atoms. The zero-order chi connectivity index (χ0) is 10.4. The van der Waals surface area contributed by atoms with Gasteiger partial charge >= 0.3 is 0 Å². The minimum absolute atomic E-state index is 0.487. The highest BCUT2D eigenvalue weighted by atomic mass is 15.2. The SMILES string of the molecule is CC(C)C#CCN(C(C)C)C(C)C. The second kappa shape index (κ2) is 6.05. The molecule has 0 aromatic carbocycles. The van der Waals surface area contributed by atoms with Crippen molar-refractivity contribution in [3.8, 4) is 11.8 Å². The van der Waals surface area contributed by atoms with E-state index < -0.39 is 0 Å². The molecule has 1 nitrogen and oxygen atoms in total. The van der Waals surface area contributed by atoms with Crippen molar-refractivity contribution in [2.75, 3.05) is 6.54 Å². The van der Waals surface area contributed by atoms with Crippen LogP contribution in [0.5, 0.6) is 0 Å². The zero-order valence-electron chi connectivity index (χ0n) is 9.89. The highest BCUT2D eigenvalue weighted by Crippen LogP contribution is 2.03. The fourth-order valence-electron chi connectivity index (χ4n) is 1.30. The molecule has 1 heteroatoms. The normalized spacial score (nSPS) is 11.2. The van der Waals surface area contributed by atoms with Crippen LogP contribution in [0.3, 0.4) is 0 Å². The third-order valence-electron chi connectivity index (χ3n) is 1.98. The van der Waals surface area contributed by atoms with Crippen molar-refractivity contribution in [2.24, 2.45) is 5.92 Å². The second-order valence-corrected chi connectivity index (χ2v) is 4.34. The third-order valence-corrected chi connectivity index (χ3v) is 1.98. The van der Waals surface area contributed by atoms with Crippen LogP contribution in [0.15, 0.2) is 0 Å². The summed E-state index contributed by atoms with van der Waals surface area (Å²) >= 11 is 0. The minimum atomic E-state index is 0.487. The lowest BCUT2D eigenvalue weighted by atomic mass is 10.2. The average molecular weight is 181 g/mol. The standard InChI is InChI=1S/C12H23N/c1-10(2)8-7-9-13(11(3)4)12(5)6/h10-12H,9H2,1-6H3. The number of hydrogen-bond acceptors (Lipinski definition) is 1. The summed E-state index contributed by atoms with van der Waals surface area (Å²) in [6.07, 6.45) is 0. The first-order valence-corrected chi connectivity index (χ1v) is 5.19. The summed E-state index contributed by atoms with van der Waals surface area (Å²) in [6.45, 7) is 14.0. The second-order valence-electron chi connectivity index (χ2n) is 4.34. The molecule has 0 rings (SSSR count). The van der Waals surface area contributed by atoms with Crippen molar-refractivity contribution < 1.29 is 0 Å². The van der Waals surface area contributed by atoms with Crippen LogP contribution in [0.1, 0.15) is 41.5 Å². The molecular weight excluding hydrogens is 158 g/mol. The Balaban J connectivity index is 4.07. The van der Waals surface area contributed by atoms with Crippen LogP contribution in [0.2, 0.25) is 0 Å². The zero-order valence-corrected chi connectivity index (χ0v) is 9.89. The maximum atomic E-state index is 3.22. The summed E-state index contributed by atoms with van der Waals surface area (Å²) in [5, 5.41) is 0. The van der Waals surface area contributed by atoms with E-state index in [0.717, 1.165) is 6.54 Å². The maximum absolute atomic E-state index is 3.22. The van der Waals surface area contributed by atoms with Crippen LogP contribution >= 0.6 is 0 Å². The molecule has 0 aliphatic carbocycles. The molecule has 76 valence electrons. The van der Waals surface area contributed by atoms with E-state index >= 15 is 0 Å². The van der Waals surface area contributed by atoms with Crippen molar-refractivity contribution in [1.82, 2.24) is 4.90 Å². The first-order chi connectivity index (χ1) is 5.95. The Morgan fingerprint density at radius 1 is 0.923 bits per heavy atom. The minimum Gasteiger partial charge on any atom is -0.287 e. The quantitative estimate of drug-likeness (QED) is 0.605. The Labute approximate surface area is 83.5 Å². The Hall–Kier alpha value is -0.480. The lowest BCUT2D eigenvalue weighted by molar-refractivity contribution is 0.199. The maximum Gasteiger partial charge on any atom is 0.0606 e. The summed E-state index contributed by atoms with van der Waals surface area (Å²) in [7, 11) is 0. The van der Waals surface area contributed by atoms with Gasteiger partial charge in [0.2, 0.25) is 0 Å². The topological polar surface area (TPSA) is 3.24 Å². The molecule has 0 N–H and O–H groups in total. The van der Waals surface area contributed by atoms with Crippen LogP contribution < -0.4 is 0 Å². The Morgan fingerprint density at radius 2 is 1.38 bits per heavy atom. The van der Waals surface area contributed by atoms with Crippen molar-refractivity contribution >= 4 is 0 Å². The number of rotatable bonds is 3. The van der Waals surface area contributed by atoms with Gasteiger partial charge in [0.05, 0.1) is 6.54 Å². The Bertz CT molecular complexity index is 173. The van der Waals surface area contributed by atoms with Crippen molar-refractivity contribution in [2.45, 2.75) is 53.6 Å². The molecule has 0 amide bonds. The Kier molecular flexibility index (Phi) is 5.82. The predicted octanol–water partition coefficient (Wildman–Crippen LogP) is 2.76. The van der Waals surface area contributed by atoms with Crippen LogP contribution in [0.4, 0.5) is 0 Å².